The largest absolute Gasteiger partial charge is 0.465 e. The highest BCUT2D eigenvalue weighted by atomic mass is 32.1. The van der Waals surface area contributed by atoms with E-state index in [1.807, 2.05) is 48.7 Å². The van der Waals surface area contributed by atoms with E-state index in [1.54, 1.807) is 19.4 Å². The number of rotatable bonds is 7. The highest BCUT2D eigenvalue weighted by molar-refractivity contribution is 7.80. The van der Waals surface area contributed by atoms with Crippen LogP contribution >= 0.6 is 12.2 Å². The van der Waals surface area contributed by atoms with Crippen LogP contribution in [0.4, 0.5) is 0 Å². The first-order valence-electron chi connectivity index (χ1n) is 9.97. The first-order chi connectivity index (χ1) is 15.1. The average Bonchev–Trinajstić information content (AvgIpc) is 3.42. The van der Waals surface area contributed by atoms with E-state index in [9.17, 15) is 4.79 Å². The quantitative estimate of drug-likeness (QED) is 0.450. The number of nitrogens with one attached hydrogen (secondary N) is 1. The second-order valence-corrected chi connectivity index (χ2v) is 7.54. The molecule has 0 amide bonds. The second kappa shape index (κ2) is 9.28. The van der Waals surface area contributed by atoms with Crippen molar-refractivity contribution < 1.29 is 14.3 Å². The van der Waals surface area contributed by atoms with E-state index in [1.165, 1.54) is 7.11 Å². The summed E-state index contributed by atoms with van der Waals surface area (Å²) >= 11 is 5.67. The van der Waals surface area contributed by atoms with Crippen molar-refractivity contribution in [3.05, 3.63) is 83.9 Å². The molecule has 2 aromatic heterocycles. The van der Waals surface area contributed by atoms with Crippen molar-refractivity contribution in [2.24, 2.45) is 0 Å². The maximum absolute atomic E-state index is 12.0. The number of benzene rings is 1. The molecule has 31 heavy (non-hydrogen) atoms. The maximum atomic E-state index is 12.0. The van der Waals surface area contributed by atoms with Gasteiger partial charge in [-0.15, -0.1) is 0 Å². The Bertz CT molecular complexity index is 1070. The molecule has 0 saturated carbocycles. The highest BCUT2D eigenvalue weighted by Crippen LogP contribution is 2.39. The van der Waals surface area contributed by atoms with E-state index < -0.39 is 0 Å². The summed E-state index contributed by atoms with van der Waals surface area (Å²) < 4.78 is 12.3. The van der Waals surface area contributed by atoms with Gasteiger partial charge in [0.15, 0.2) is 5.11 Å². The van der Waals surface area contributed by atoms with Gasteiger partial charge in [0.2, 0.25) is 0 Å². The third kappa shape index (κ3) is 4.17. The van der Waals surface area contributed by atoms with E-state index in [0.717, 1.165) is 17.1 Å². The van der Waals surface area contributed by atoms with Gasteiger partial charge in [0, 0.05) is 37.4 Å². The molecule has 1 aliphatic heterocycles. The summed E-state index contributed by atoms with van der Waals surface area (Å²) in [7, 11) is 3.06. The number of thiocarbonyl (C=S) groups is 1. The van der Waals surface area contributed by atoms with Crippen LogP contribution in [0.5, 0.6) is 0 Å². The van der Waals surface area contributed by atoms with Gasteiger partial charge in [0.25, 0.3) is 0 Å². The zero-order valence-electron chi connectivity index (χ0n) is 17.4. The number of methoxy groups -OCH3 is 2. The van der Waals surface area contributed by atoms with Crippen LogP contribution in [0.15, 0.2) is 67.0 Å². The van der Waals surface area contributed by atoms with Crippen LogP contribution in [0.25, 0.3) is 5.69 Å². The number of hydrogen-bond acceptors (Lipinski definition) is 5. The Kier molecular flexibility index (Phi) is 6.29. The first-order valence-corrected chi connectivity index (χ1v) is 10.4. The Morgan fingerprint density at radius 2 is 2.03 bits per heavy atom. The lowest BCUT2D eigenvalue weighted by Crippen LogP contribution is -2.33. The Hall–Kier alpha value is -3.23. The van der Waals surface area contributed by atoms with Crippen molar-refractivity contribution in [1.82, 2.24) is 19.8 Å². The van der Waals surface area contributed by atoms with Crippen molar-refractivity contribution in [2.75, 3.05) is 27.4 Å². The second-order valence-electron chi connectivity index (χ2n) is 7.16. The van der Waals surface area contributed by atoms with Gasteiger partial charge in [-0.3, -0.25) is 4.98 Å². The Labute approximate surface area is 186 Å². The van der Waals surface area contributed by atoms with Gasteiger partial charge in [0.1, 0.15) is 0 Å². The van der Waals surface area contributed by atoms with E-state index in [-0.39, 0.29) is 18.1 Å². The first kappa shape index (κ1) is 21.0. The molecule has 1 saturated heterocycles. The number of ether oxygens (including phenoxy) is 2. The summed E-state index contributed by atoms with van der Waals surface area (Å²) in [4.78, 5) is 18.7. The molecule has 1 aliphatic rings. The topological polar surface area (TPSA) is 68.6 Å². The van der Waals surface area contributed by atoms with Gasteiger partial charge in [-0.05, 0) is 54.7 Å². The summed E-state index contributed by atoms with van der Waals surface area (Å²) in [6.45, 7) is 1.19. The fourth-order valence-corrected chi connectivity index (χ4v) is 4.26. The summed E-state index contributed by atoms with van der Waals surface area (Å²) in [5.74, 6) is -0.368. The smallest absolute Gasteiger partial charge is 0.337 e. The van der Waals surface area contributed by atoms with E-state index in [0.29, 0.717) is 23.8 Å². The lowest BCUT2D eigenvalue weighted by Gasteiger charge is -2.28. The number of carbonyl (C=O) groups excluding carboxylic acids is 1. The minimum Gasteiger partial charge on any atom is -0.465 e. The molecule has 3 aromatic rings. The third-order valence-electron chi connectivity index (χ3n) is 5.36. The maximum Gasteiger partial charge on any atom is 0.337 e. The minimum absolute atomic E-state index is 0.102. The Morgan fingerprint density at radius 3 is 2.77 bits per heavy atom. The predicted molar refractivity (Wildman–Crippen MR) is 121 cm³/mol. The summed E-state index contributed by atoms with van der Waals surface area (Å²) in [6, 6.07) is 17.1. The Morgan fingerprint density at radius 1 is 1.16 bits per heavy atom. The highest BCUT2D eigenvalue weighted by Gasteiger charge is 2.41. The fraction of sp³-hybridized carbons (Fsp3) is 0.261. The molecule has 0 aliphatic carbocycles. The number of aromatic nitrogens is 2. The zero-order chi connectivity index (χ0) is 21.8. The number of esters is 1. The molecule has 2 atom stereocenters. The molecular formula is C23H24N4O3S. The van der Waals surface area contributed by atoms with Gasteiger partial charge >= 0.3 is 5.97 Å². The fourth-order valence-electron chi connectivity index (χ4n) is 3.93. The third-order valence-corrected chi connectivity index (χ3v) is 5.72. The molecule has 3 heterocycles. The van der Waals surface area contributed by atoms with Crippen molar-refractivity contribution in [1.29, 1.82) is 0 Å². The molecule has 1 N–H and O–H groups in total. The van der Waals surface area contributed by atoms with Crippen molar-refractivity contribution in [3.63, 3.8) is 0 Å². The molecule has 0 radical (unpaired) electrons. The van der Waals surface area contributed by atoms with Crippen molar-refractivity contribution in [2.45, 2.75) is 12.1 Å². The van der Waals surface area contributed by atoms with Crippen LogP contribution < -0.4 is 5.32 Å². The van der Waals surface area contributed by atoms with Crippen molar-refractivity contribution in [3.8, 4) is 5.69 Å². The SMILES string of the molecule is COCCN1C(=S)N[C@H](c2ccccn2)[C@@H]1c1cccn1-c1cccc(C(=O)OC)c1. The molecule has 1 aromatic carbocycles. The van der Waals surface area contributed by atoms with E-state index in [4.69, 9.17) is 21.7 Å². The molecule has 0 bridgehead atoms. The van der Waals surface area contributed by atoms with Crippen molar-refractivity contribution >= 4 is 23.3 Å². The van der Waals surface area contributed by atoms with Crippen LogP contribution in [0.1, 0.15) is 33.8 Å². The van der Waals surface area contributed by atoms with Gasteiger partial charge in [-0.2, -0.15) is 0 Å². The van der Waals surface area contributed by atoms with Crippen LogP contribution in [0.2, 0.25) is 0 Å². The monoisotopic (exact) mass is 436 g/mol. The normalized spacial score (nSPS) is 18.1. The van der Waals surface area contributed by atoms with Gasteiger partial charge in [-0.1, -0.05) is 12.1 Å². The molecule has 160 valence electrons. The lowest BCUT2D eigenvalue weighted by molar-refractivity contribution is 0.0600. The Balaban J connectivity index is 1.78. The van der Waals surface area contributed by atoms with E-state index >= 15 is 0 Å². The number of nitrogens with zero attached hydrogens (tertiary/aromatic N) is 3. The zero-order valence-corrected chi connectivity index (χ0v) is 18.2. The van der Waals surface area contributed by atoms with Gasteiger partial charge < -0.3 is 24.3 Å². The minimum atomic E-state index is -0.368. The van der Waals surface area contributed by atoms with Crippen LogP contribution in [-0.4, -0.2) is 52.9 Å². The van der Waals surface area contributed by atoms with Gasteiger partial charge in [-0.25, -0.2) is 4.79 Å². The molecule has 8 heteroatoms. The standard InChI is InChI=1S/C23H24N4O3S/c1-29-14-13-27-21(20(25-23(27)31)18-9-3-4-11-24-18)19-10-6-12-26(19)17-8-5-7-16(15-17)22(28)30-2/h3-12,15,20-21H,13-14H2,1-2H3,(H,25,31)/t20-,21+/m1/s1. The number of carbonyl (C=O) groups is 1. The van der Waals surface area contributed by atoms with Crippen LogP contribution in [-0.2, 0) is 9.47 Å². The molecule has 1 fully saturated rings. The summed E-state index contributed by atoms with van der Waals surface area (Å²) in [5, 5.41) is 4.10. The molecule has 0 spiro atoms. The molecule has 0 unspecified atom stereocenters. The average molecular weight is 437 g/mol. The molecule has 7 nitrogen and oxygen atoms in total. The van der Waals surface area contributed by atoms with Crippen LogP contribution in [0, 0.1) is 0 Å². The van der Waals surface area contributed by atoms with Gasteiger partial charge in [0.05, 0.1) is 37.1 Å². The summed E-state index contributed by atoms with van der Waals surface area (Å²) in [5.41, 5.74) is 3.30. The number of hydrogen-bond donors (Lipinski definition) is 1. The predicted octanol–water partition coefficient (Wildman–Crippen LogP) is 3.28. The summed E-state index contributed by atoms with van der Waals surface area (Å²) in [6.07, 6.45) is 3.77. The molecular weight excluding hydrogens is 412 g/mol. The van der Waals surface area contributed by atoms with Crippen LogP contribution in [0.3, 0.4) is 0 Å². The molecule has 4 rings (SSSR count). The van der Waals surface area contributed by atoms with E-state index in [2.05, 4.69) is 25.8 Å². The lowest BCUT2D eigenvalue weighted by atomic mass is 10.0. The number of pyridine rings is 1.